The molecule has 0 aliphatic carbocycles. The van der Waals surface area contributed by atoms with E-state index in [1.165, 1.54) is 33.0 Å². The topological polar surface area (TPSA) is 31.2 Å². The van der Waals surface area contributed by atoms with Crippen molar-refractivity contribution >= 4 is 27.8 Å². The van der Waals surface area contributed by atoms with Gasteiger partial charge >= 0.3 is 5.97 Å². The molecule has 0 atom stereocenters. The van der Waals surface area contributed by atoms with Crippen LogP contribution in [-0.4, -0.2) is 10.5 Å². The first kappa shape index (κ1) is 22.6. The highest BCUT2D eigenvalue weighted by atomic mass is 16.5. The van der Waals surface area contributed by atoms with Gasteiger partial charge in [-0.3, -0.25) is 0 Å². The molecule has 3 aromatic carbocycles. The Bertz CT molecular complexity index is 1350. The van der Waals surface area contributed by atoms with Gasteiger partial charge in [-0.1, -0.05) is 53.1 Å². The van der Waals surface area contributed by atoms with Gasteiger partial charge in [-0.25, -0.2) is 4.79 Å². The number of ether oxygens (including phenoxy) is 1. The van der Waals surface area contributed by atoms with E-state index in [0.717, 1.165) is 24.9 Å². The van der Waals surface area contributed by atoms with E-state index < -0.39 is 0 Å². The fourth-order valence-corrected chi connectivity index (χ4v) is 4.13. The fraction of sp³-hybridized carbons (Fsp3) is 0.233. The van der Waals surface area contributed by atoms with Gasteiger partial charge in [0.05, 0.1) is 11.1 Å². The van der Waals surface area contributed by atoms with Gasteiger partial charge in [0.1, 0.15) is 5.75 Å². The zero-order chi connectivity index (χ0) is 23.4. The molecule has 0 spiro atoms. The van der Waals surface area contributed by atoms with Gasteiger partial charge in [-0.05, 0) is 76.9 Å². The molecule has 4 rings (SSSR count). The van der Waals surface area contributed by atoms with E-state index >= 15 is 0 Å². The van der Waals surface area contributed by atoms with Gasteiger partial charge in [-0.15, -0.1) is 0 Å². The zero-order valence-electron chi connectivity index (χ0n) is 19.9. The summed E-state index contributed by atoms with van der Waals surface area (Å²) in [5, 5.41) is 2.39. The van der Waals surface area contributed by atoms with Gasteiger partial charge in [0.25, 0.3) is 0 Å². The molecule has 0 fully saturated rings. The van der Waals surface area contributed by atoms with E-state index in [1.54, 1.807) is 12.1 Å². The minimum Gasteiger partial charge on any atom is -0.423 e. The zero-order valence-corrected chi connectivity index (χ0v) is 19.9. The number of carbonyl (C=O) groups is 1. The second-order valence-electron chi connectivity index (χ2n) is 8.94. The van der Waals surface area contributed by atoms with Crippen LogP contribution in [-0.2, 0) is 6.54 Å². The molecule has 3 nitrogen and oxygen atoms in total. The van der Waals surface area contributed by atoms with Crippen LogP contribution in [0.2, 0.25) is 0 Å². The Morgan fingerprint density at radius 3 is 2.42 bits per heavy atom. The fourth-order valence-electron chi connectivity index (χ4n) is 4.13. The Labute approximate surface area is 196 Å². The standard InChI is InChI=1S/C30H31NO2/c1-21(2)9-8-10-22(3)17-18-31-28-16-13-23(4)19-27(28)26-15-14-25(20-29(26)31)33-30(32)24-11-6-5-7-12-24/h5-7,9,11-17,19-20H,8,10,18H2,1-4H3/b22-17+. The predicted molar refractivity (Wildman–Crippen MR) is 138 cm³/mol. The molecule has 168 valence electrons. The highest BCUT2D eigenvalue weighted by molar-refractivity contribution is 6.08. The van der Waals surface area contributed by atoms with Crippen LogP contribution in [0.5, 0.6) is 5.75 Å². The van der Waals surface area contributed by atoms with E-state index in [-0.39, 0.29) is 5.97 Å². The first-order valence-electron chi connectivity index (χ1n) is 11.5. The van der Waals surface area contributed by atoms with Gasteiger partial charge in [0.2, 0.25) is 0 Å². The summed E-state index contributed by atoms with van der Waals surface area (Å²) in [6, 6.07) is 21.6. The second-order valence-corrected chi connectivity index (χ2v) is 8.94. The van der Waals surface area contributed by atoms with Crippen LogP contribution >= 0.6 is 0 Å². The van der Waals surface area contributed by atoms with Gasteiger partial charge in [0, 0.05) is 28.9 Å². The lowest BCUT2D eigenvalue weighted by atomic mass is 10.1. The van der Waals surface area contributed by atoms with E-state index in [9.17, 15) is 4.79 Å². The maximum absolute atomic E-state index is 12.6. The quantitative estimate of drug-likeness (QED) is 0.166. The van der Waals surface area contributed by atoms with Crippen LogP contribution < -0.4 is 4.74 Å². The molecule has 0 radical (unpaired) electrons. The molecular formula is C30H31NO2. The molecule has 0 unspecified atom stereocenters. The Balaban J connectivity index is 1.69. The monoisotopic (exact) mass is 437 g/mol. The molecule has 0 aliphatic rings. The maximum Gasteiger partial charge on any atom is 0.343 e. The minimum atomic E-state index is -0.344. The van der Waals surface area contributed by atoms with E-state index in [4.69, 9.17) is 4.74 Å². The van der Waals surface area contributed by atoms with Crippen molar-refractivity contribution in [2.45, 2.75) is 47.1 Å². The summed E-state index contributed by atoms with van der Waals surface area (Å²) < 4.78 is 8.02. The predicted octanol–water partition coefficient (Wildman–Crippen LogP) is 8.01. The van der Waals surface area contributed by atoms with Gasteiger partial charge < -0.3 is 9.30 Å². The number of esters is 1. The lowest BCUT2D eigenvalue weighted by Gasteiger charge is -2.08. The Morgan fingerprint density at radius 1 is 0.879 bits per heavy atom. The van der Waals surface area contributed by atoms with Crippen molar-refractivity contribution in [2.75, 3.05) is 0 Å². The Hall–Kier alpha value is -3.59. The molecule has 0 amide bonds. The average Bonchev–Trinajstić information content (AvgIpc) is 3.10. The summed E-state index contributed by atoms with van der Waals surface area (Å²) in [6.45, 7) is 9.37. The second kappa shape index (κ2) is 9.91. The molecular weight excluding hydrogens is 406 g/mol. The molecule has 0 saturated heterocycles. The first-order valence-corrected chi connectivity index (χ1v) is 11.5. The van der Waals surface area contributed by atoms with Crippen molar-refractivity contribution in [1.82, 2.24) is 4.57 Å². The first-order chi connectivity index (χ1) is 15.9. The maximum atomic E-state index is 12.6. The van der Waals surface area contributed by atoms with Crippen molar-refractivity contribution in [3.8, 4) is 5.75 Å². The molecule has 33 heavy (non-hydrogen) atoms. The lowest BCUT2D eigenvalue weighted by molar-refractivity contribution is 0.0735. The molecule has 0 bridgehead atoms. The molecule has 1 aromatic heterocycles. The molecule has 3 heteroatoms. The SMILES string of the molecule is CC(C)=CCC/C(C)=C/Cn1c2ccc(C)cc2c2ccc(OC(=O)c3ccccc3)cc21. The summed E-state index contributed by atoms with van der Waals surface area (Å²) in [6.07, 6.45) is 6.71. The number of rotatable bonds is 7. The number of carbonyl (C=O) groups excluding carboxylic acids is 1. The number of hydrogen-bond donors (Lipinski definition) is 0. The van der Waals surface area contributed by atoms with E-state index in [2.05, 4.69) is 68.7 Å². The number of allylic oxidation sites excluding steroid dienone is 4. The minimum absolute atomic E-state index is 0.344. The van der Waals surface area contributed by atoms with Crippen LogP contribution in [0.4, 0.5) is 0 Å². The van der Waals surface area contributed by atoms with E-state index in [0.29, 0.717) is 11.3 Å². The van der Waals surface area contributed by atoms with Crippen molar-refractivity contribution in [3.63, 3.8) is 0 Å². The van der Waals surface area contributed by atoms with Gasteiger partial charge in [-0.2, -0.15) is 0 Å². The summed E-state index contributed by atoms with van der Waals surface area (Å²) in [7, 11) is 0. The van der Waals surface area contributed by atoms with Crippen LogP contribution in [0.25, 0.3) is 21.8 Å². The van der Waals surface area contributed by atoms with Crippen LogP contribution in [0.1, 0.15) is 49.5 Å². The Morgan fingerprint density at radius 2 is 1.67 bits per heavy atom. The normalized spacial score (nSPS) is 11.7. The van der Waals surface area contributed by atoms with Crippen molar-refractivity contribution in [3.05, 3.63) is 101 Å². The molecule has 0 aliphatic heterocycles. The van der Waals surface area contributed by atoms with Crippen molar-refractivity contribution < 1.29 is 9.53 Å². The van der Waals surface area contributed by atoms with E-state index in [1.807, 2.05) is 30.3 Å². The number of hydrogen-bond acceptors (Lipinski definition) is 2. The van der Waals surface area contributed by atoms with Crippen LogP contribution in [0.15, 0.2) is 90.0 Å². The third kappa shape index (κ3) is 5.25. The Kier molecular flexibility index (Phi) is 6.79. The van der Waals surface area contributed by atoms with Crippen LogP contribution in [0.3, 0.4) is 0 Å². The third-order valence-corrected chi connectivity index (χ3v) is 5.93. The lowest BCUT2D eigenvalue weighted by Crippen LogP contribution is -2.08. The molecule has 4 aromatic rings. The number of aryl methyl sites for hydroxylation is 1. The smallest absolute Gasteiger partial charge is 0.343 e. The van der Waals surface area contributed by atoms with Gasteiger partial charge in [0.15, 0.2) is 0 Å². The third-order valence-electron chi connectivity index (χ3n) is 5.93. The molecule has 0 saturated carbocycles. The molecule has 1 heterocycles. The summed E-state index contributed by atoms with van der Waals surface area (Å²) in [4.78, 5) is 12.6. The highest BCUT2D eigenvalue weighted by Crippen LogP contribution is 2.32. The van der Waals surface area contributed by atoms with Crippen LogP contribution in [0, 0.1) is 6.92 Å². The number of fused-ring (bicyclic) bond motifs is 3. The molecule has 0 N–H and O–H groups in total. The largest absolute Gasteiger partial charge is 0.423 e. The highest BCUT2D eigenvalue weighted by Gasteiger charge is 2.13. The van der Waals surface area contributed by atoms with Crippen molar-refractivity contribution in [1.29, 1.82) is 0 Å². The summed E-state index contributed by atoms with van der Waals surface area (Å²) in [5.74, 6) is 0.213. The summed E-state index contributed by atoms with van der Waals surface area (Å²) >= 11 is 0. The number of benzene rings is 3. The average molecular weight is 438 g/mol. The number of nitrogens with zero attached hydrogens (tertiary/aromatic N) is 1. The number of aromatic nitrogens is 1. The summed E-state index contributed by atoms with van der Waals surface area (Å²) in [5.41, 5.74) is 6.77. The van der Waals surface area contributed by atoms with Crippen molar-refractivity contribution in [2.24, 2.45) is 0 Å².